The van der Waals surface area contributed by atoms with E-state index in [9.17, 15) is 19.5 Å². The first-order chi connectivity index (χ1) is 15.8. The number of ether oxygens (including phenoxy) is 3. The van der Waals surface area contributed by atoms with Crippen molar-refractivity contribution in [3.8, 4) is 5.88 Å². The molecule has 2 aliphatic carbocycles. The Morgan fingerprint density at radius 1 is 1.21 bits per heavy atom. The monoisotopic (exact) mass is 453 g/mol. The van der Waals surface area contributed by atoms with Crippen LogP contribution >= 0.6 is 0 Å². The Hall–Kier alpha value is -3.26. The van der Waals surface area contributed by atoms with Crippen molar-refractivity contribution in [3.05, 3.63) is 59.3 Å². The lowest BCUT2D eigenvalue weighted by atomic mass is 9.56. The standard InChI is InChI=1S/C25H27NO7/c1-14-12-25(24(30)33-15(2)23(29)32-13-16-7-5-4-6-8-16)18-9-10-20(31-3)26-19(18)11-17(21(14)27)22(25)28/h4-10,14-15,17,21,27H,11-13H2,1-3H3/t14?,15-,17+,21?,25-/m0/s1. The zero-order valence-corrected chi connectivity index (χ0v) is 18.8. The van der Waals surface area contributed by atoms with E-state index in [-0.39, 0.29) is 25.4 Å². The van der Waals surface area contributed by atoms with E-state index in [4.69, 9.17) is 14.2 Å². The van der Waals surface area contributed by atoms with Crippen LogP contribution in [0.4, 0.5) is 0 Å². The fourth-order valence-corrected chi connectivity index (χ4v) is 4.83. The highest BCUT2D eigenvalue weighted by molar-refractivity contribution is 6.13. The Morgan fingerprint density at radius 2 is 1.94 bits per heavy atom. The maximum atomic E-state index is 13.5. The molecule has 0 aliphatic heterocycles. The van der Waals surface area contributed by atoms with E-state index in [0.29, 0.717) is 17.1 Å². The molecule has 1 aromatic carbocycles. The average Bonchev–Trinajstić information content (AvgIpc) is 2.82. The lowest BCUT2D eigenvalue weighted by molar-refractivity contribution is -0.176. The van der Waals surface area contributed by atoms with Crippen LogP contribution in [0.15, 0.2) is 42.5 Å². The normalized spacial score (nSPS) is 26.7. The van der Waals surface area contributed by atoms with Crippen LogP contribution in [0.25, 0.3) is 0 Å². The summed E-state index contributed by atoms with van der Waals surface area (Å²) in [6, 6.07) is 12.4. The number of ketones is 1. The van der Waals surface area contributed by atoms with Crippen molar-refractivity contribution in [2.75, 3.05) is 7.11 Å². The summed E-state index contributed by atoms with van der Waals surface area (Å²) in [5, 5.41) is 10.7. The highest BCUT2D eigenvalue weighted by Gasteiger charge is 2.61. The van der Waals surface area contributed by atoms with Gasteiger partial charge in [0.2, 0.25) is 5.88 Å². The Kier molecular flexibility index (Phi) is 6.21. The van der Waals surface area contributed by atoms with Crippen molar-refractivity contribution in [1.82, 2.24) is 4.98 Å². The topological polar surface area (TPSA) is 112 Å². The van der Waals surface area contributed by atoms with E-state index in [0.717, 1.165) is 5.56 Å². The minimum Gasteiger partial charge on any atom is -0.481 e. The second-order valence-corrected chi connectivity index (χ2v) is 8.74. The van der Waals surface area contributed by atoms with Gasteiger partial charge in [0.1, 0.15) is 6.61 Å². The number of fused-ring (bicyclic) bond motifs is 4. The number of benzene rings is 1. The first kappa shape index (κ1) is 22.9. The molecule has 0 amide bonds. The van der Waals surface area contributed by atoms with E-state index in [1.165, 1.54) is 14.0 Å². The maximum absolute atomic E-state index is 13.5. The number of aliphatic hydroxyl groups excluding tert-OH is 1. The highest BCUT2D eigenvalue weighted by Crippen LogP contribution is 2.49. The molecule has 8 heteroatoms. The molecular weight excluding hydrogens is 426 g/mol. The van der Waals surface area contributed by atoms with Gasteiger partial charge in [-0.25, -0.2) is 9.78 Å². The molecule has 0 radical (unpaired) electrons. The molecule has 5 atom stereocenters. The van der Waals surface area contributed by atoms with Gasteiger partial charge in [0.25, 0.3) is 0 Å². The quantitative estimate of drug-likeness (QED) is 0.523. The van der Waals surface area contributed by atoms with Gasteiger partial charge in [-0.2, -0.15) is 0 Å². The molecule has 174 valence electrons. The van der Waals surface area contributed by atoms with E-state index >= 15 is 0 Å². The summed E-state index contributed by atoms with van der Waals surface area (Å²) in [4.78, 5) is 43.9. The van der Waals surface area contributed by atoms with Gasteiger partial charge in [0, 0.05) is 12.5 Å². The average molecular weight is 453 g/mol. The lowest BCUT2D eigenvalue weighted by Gasteiger charge is -2.47. The van der Waals surface area contributed by atoms with Crippen molar-refractivity contribution < 1.29 is 33.7 Å². The van der Waals surface area contributed by atoms with Gasteiger partial charge < -0.3 is 19.3 Å². The van der Waals surface area contributed by atoms with Crippen LogP contribution in [0.5, 0.6) is 5.88 Å². The van der Waals surface area contributed by atoms with Crippen molar-refractivity contribution >= 4 is 17.7 Å². The van der Waals surface area contributed by atoms with Gasteiger partial charge in [-0.1, -0.05) is 43.3 Å². The molecule has 2 bridgehead atoms. The summed E-state index contributed by atoms with van der Waals surface area (Å²) in [5.41, 5.74) is 0.126. The molecule has 33 heavy (non-hydrogen) atoms. The second-order valence-electron chi connectivity index (χ2n) is 8.74. The fourth-order valence-electron chi connectivity index (χ4n) is 4.83. The summed E-state index contributed by atoms with van der Waals surface area (Å²) < 4.78 is 16.0. The predicted octanol–water partition coefficient (Wildman–Crippen LogP) is 2.15. The van der Waals surface area contributed by atoms with Gasteiger partial charge >= 0.3 is 11.9 Å². The number of pyridine rings is 1. The third-order valence-electron chi connectivity index (χ3n) is 6.60. The molecule has 0 spiro atoms. The number of aliphatic hydroxyl groups is 1. The molecular formula is C25H27NO7. The van der Waals surface area contributed by atoms with Gasteiger partial charge in [-0.15, -0.1) is 0 Å². The number of Topliss-reactive ketones (excluding diaryl/α,β-unsaturated/α-hetero) is 1. The van der Waals surface area contributed by atoms with Crippen LogP contribution in [0.3, 0.4) is 0 Å². The molecule has 1 fully saturated rings. The van der Waals surface area contributed by atoms with Crippen LogP contribution < -0.4 is 4.74 Å². The van der Waals surface area contributed by atoms with Gasteiger partial charge in [-0.3, -0.25) is 9.59 Å². The zero-order valence-electron chi connectivity index (χ0n) is 18.8. The number of hydrogen-bond acceptors (Lipinski definition) is 8. The van der Waals surface area contributed by atoms with E-state index in [1.807, 2.05) is 30.3 Å². The van der Waals surface area contributed by atoms with Crippen molar-refractivity contribution in [3.63, 3.8) is 0 Å². The van der Waals surface area contributed by atoms with E-state index < -0.39 is 41.3 Å². The zero-order chi connectivity index (χ0) is 23.8. The molecule has 0 saturated heterocycles. The van der Waals surface area contributed by atoms with Gasteiger partial charge in [-0.05, 0) is 30.4 Å². The molecule has 1 N–H and O–H groups in total. The lowest BCUT2D eigenvalue weighted by Crippen LogP contribution is -2.61. The molecule has 1 aromatic heterocycles. The minimum absolute atomic E-state index is 0.0451. The number of hydrogen-bond donors (Lipinski definition) is 1. The number of esters is 2. The summed E-state index contributed by atoms with van der Waals surface area (Å²) in [5.74, 6) is -2.69. The van der Waals surface area contributed by atoms with Crippen LogP contribution in [-0.2, 0) is 42.3 Å². The smallest absolute Gasteiger partial charge is 0.347 e. The Morgan fingerprint density at radius 3 is 2.64 bits per heavy atom. The van der Waals surface area contributed by atoms with Gasteiger partial charge in [0.15, 0.2) is 17.3 Å². The molecule has 8 nitrogen and oxygen atoms in total. The first-order valence-corrected chi connectivity index (χ1v) is 11.0. The minimum atomic E-state index is -1.63. The van der Waals surface area contributed by atoms with Crippen LogP contribution in [0.2, 0.25) is 0 Å². The third kappa shape index (κ3) is 3.99. The van der Waals surface area contributed by atoms with Crippen molar-refractivity contribution in [2.24, 2.45) is 11.8 Å². The van der Waals surface area contributed by atoms with Crippen LogP contribution in [0, 0.1) is 11.8 Å². The summed E-state index contributed by atoms with van der Waals surface area (Å²) in [7, 11) is 1.48. The third-order valence-corrected chi connectivity index (χ3v) is 6.60. The number of nitrogens with zero attached hydrogens (tertiary/aromatic N) is 1. The summed E-state index contributed by atoms with van der Waals surface area (Å²) in [6.45, 7) is 3.26. The molecule has 4 rings (SSSR count). The fraction of sp³-hybridized carbons (Fsp3) is 0.440. The number of methoxy groups -OCH3 is 1. The number of rotatable bonds is 6. The number of aromatic nitrogens is 1. The maximum Gasteiger partial charge on any atom is 0.347 e. The van der Waals surface area contributed by atoms with Crippen molar-refractivity contribution in [2.45, 2.75) is 50.9 Å². The predicted molar refractivity (Wildman–Crippen MR) is 116 cm³/mol. The molecule has 1 heterocycles. The van der Waals surface area contributed by atoms with E-state index in [1.54, 1.807) is 19.1 Å². The summed E-state index contributed by atoms with van der Waals surface area (Å²) >= 11 is 0. The van der Waals surface area contributed by atoms with Gasteiger partial charge in [0.05, 0.1) is 24.8 Å². The molecule has 2 aliphatic rings. The first-order valence-electron chi connectivity index (χ1n) is 11.0. The largest absolute Gasteiger partial charge is 0.481 e. The molecule has 2 aromatic rings. The Labute approximate surface area is 191 Å². The number of carbonyl (C=O) groups is 3. The Bertz CT molecular complexity index is 1070. The SMILES string of the molecule is COc1ccc2c(n1)C[C@H]1C(=O)[C@]2(C(=O)O[C@@H](C)C(=O)OCc2ccccc2)CC(C)C1O. The Balaban J connectivity index is 1.59. The molecule has 1 saturated carbocycles. The molecule has 2 unspecified atom stereocenters. The van der Waals surface area contributed by atoms with Crippen LogP contribution in [-0.4, -0.2) is 47.1 Å². The highest BCUT2D eigenvalue weighted by atomic mass is 16.6. The number of carbonyl (C=O) groups excluding carboxylic acids is 3. The van der Waals surface area contributed by atoms with Crippen molar-refractivity contribution in [1.29, 1.82) is 0 Å². The second kappa shape index (κ2) is 8.94. The van der Waals surface area contributed by atoms with E-state index in [2.05, 4.69) is 4.98 Å². The summed E-state index contributed by atoms with van der Waals surface area (Å²) in [6.07, 6.45) is -1.83. The van der Waals surface area contributed by atoms with Crippen LogP contribution in [0.1, 0.15) is 37.1 Å².